The highest BCUT2D eigenvalue weighted by molar-refractivity contribution is 5.53. The van der Waals surface area contributed by atoms with E-state index in [9.17, 15) is 10.1 Å². The van der Waals surface area contributed by atoms with Gasteiger partial charge in [0, 0.05) is 25.0 Å². The van der Waals surface area contributed by atoms with Crippen LogP contribution in [0.4, 0.5) is 5.82 Å². The fourth-order valence-electron chi connectivity index (χ4n) is 3.38. The van der Waals surface area contributed by atoms with Crippen molar-refractivity contribution in [1.29, 1.82) is 5.26 Å². The number of nitrogens with one attached hydrogen (secondary N) is 1. The molecule has 1 saturated heterocycles. The molecule has 24 heavy (non-hydrogen) atoms. The highest BCUT2D eigenvalue weighted by atomic mass is 16.1. The molecule has 0 radical (unpaired) electrons. The summed E-state index contributed by atoms with van der Waals surface area (Å²) in [6.07, 6.45) is 3.41. The topological polar surface area (TPSA) is 98.8 Å². The fraction of sp³-hybridized carbons (Fsp3) is 0.389. The van der Waals surface area contributed by atoms with E-state index >= 15 is 0 Å². The lowest BCUT2D eigenvalue weighted by molar-refractivity contribution is 0.501. The van der Waals surface area contributed by atoms with E-state index in [-0.39, 0.29) is 17.5 Å². The first-order chi connectivity index (χ1) is 11.6. The Bertz CT molecular complexity index is 823. The lowest BCUT2D eigenvalue weighted by atomic mass is 9.90. The number of anilines is 1. The van der Waals surface area contributed by atoms with Crippen molar-refractivity contribution in [1.82, 2.24) is 9.97 Å². The number of hydrogen-bond donors (Lipinski definition) is 2. The maximum Gasteiger partial charge on any atom is 0.256 e. The van der Waals surface area contributed by atoms with Crippen LogP contribution >= 0.6 is 0 Å². The largest absolute Gasteiger partial charge is 0.355 e. The van der Waals surface area contributed by atoms with Crippen molar-refractivity contribution in [3.05, 3.63) is 57.6 Å². The molecule has 1 aromatic carbocycles. The van der Waals surface area contributed by atoms with Crippen molar-refractivity contribution in [3.63, 3.8) is 0 Å². The van der Waals surface area contributed by atoms with Gasteiger partial charge in [-0.3, -0.25) is 4.79 Å². The summed E-state index contributed by atoms with van der Waals surface area (Å²) < 4.78 is 0. The van der Waals surface area contributed by atoms with Gasteiger partial charge in [0.1, 0.15) is 5.82 Å². The van der Waals surface area contributed by atoms with Crippen molar-refractivity contribution >= 4 is 5.82 Å². The zero-order valence-corrected chi connectivity index (χ0v) is 13.7. The van der Waals surface area contributed by atoms with Crippen LogP contribution in [-0.2, 0) is 0 Å². The first kappa shape index (κ1) is 16.2. The summed E-state index contributed by atoms with van der Waals surface area (Å²) in [5.41, 5.74) is 7.92. The Kier molecular flexibility index (Phi) is 4.63. The van der Waals surface area contributed by atoms with Crippen molar-refractivity contribution in [2.24, 2.45) is 5.73 Å². The van der Waals surface area contributed by atoms with Crippen LogP contribution in [0.2, 0.25) is 0 Å². The van der Waals surface area contributed by atoms with Crippen molar-refractivity contribution in [2.75, 3.05) is 18.0 Å². The number of aromatic amines is 1. The summed E-state index contributed by atoms with van der Waals surface area (Å²) in [5, 5.41) is 9.36. The SMILES string of the molecule is CC(c1ccccc1C#N)c1c(N2CCCC(N)C2)nc[nH]c1=O. The smallest absolute Gasteiger partial charge is 0.256 e. The summed E-state index contributed by atoms with van der Waals surface area (Å²) in [6.45, 7) is 3.47. The zero-order chi connectivity index (χ0) is 17.1. The van der Waals surface area contributed by atoms with Crippen molar-refractivity contribution in [3.8, 4) is 6.07 Å². The lowest BCUT2D eigenvalue weighted by Crippen LogP contribution is -2.44. The predicted octanol–water partition coefficient (Wildman–Crippen LogP) is 1.72. The molecule has 1 aliphatic heterocycles. The maximum absolute atomic E-state index is 12.5. The van der Waals surface area contributed by atoms with E-state index in [0.717, 1.165) is 24.9 Å². The van der Waals surface area contributed by atoms with Crippen LogP contribution in [0.15, 0.2) is 35.4 Å². The molecule has 6 nitrogen and oxygen atoms in total. The van der Waals surface area contributed by atoms with Crippen LogP contribution in [0.3, 0.4) is 0 Å². The molecule has 3 rings (SSSR count). The quantitative estimate of drug-likeness (QED) is 0.896. The Morgan fingerprint density at radius 2 is 2.25 bits per heavy atom. The Labute approximate surface area is 140 Å². The Balaban J connectivity index is 2.07. The van der Waals surface area contributed by atoms with Gasteiger partial charge in [-0.25, -0.2) is 4.98 Å². The van der Waals surface area contributed by atoms with Crippen LogP contribution in [0.1, 0.15) is 42.4 Å². The first-order valence-electron chi connectivity index (χ1n) is 8.19. The number of benzene rings is 1. The fourth-order valence-corrected chi connectivity index (χ4v) is 3.38. The molecule has 3 N–H and O–H groups in total. The van der Waals surface area contributed by atoms with Crippen LogP contribution < -0.4 is 16.2 Å². The highest BCUT2D eigenvalue weighted by Crippen LogP contribution is 2.30. The number of rotatable bonds is 3. The summed E-state index contributed by atoms with van der Waals surface area (Å²) in [6, 6.07) is 9.67. The molecule has 0 aliphatic carbocycles. The van der Waals surface area contributed by atoms with Gasteiger partial charge in [0.25, 0.3) is 5.56 Å². The van der Waals surface area contributed by atoms with Gasteiger partial charge in [0.2, 0.25) is 0 Å². The minimum absolute atomic E-state index is 0.0920. The molecule has 2 unspecified atom stereocenters. The molecule has 0 bridgehead atoms. The van der Waals surface area contributed by atoms with E-state index in [4.69, 9.17) is 5.73 Å². The second-order valence-electron chi connectivity index (χ2n) is 6.24. The third kappa shape index (κ3) is 3.03. The van der Waals surface area contributed by atoms with Crippen LogP contribution in [0.25, 0.3) is 0 Å². The van der Waals surface area contributed by atoms with E-state index in [0.29, 0.717) is 23.5 Å². The van der Waals surface area contributed by atoms with E-state index in [1.807, 2.05) is 25.1 Å². The van der Waals surface area contributed by atoms with Gasteiger partial charge in [0.05, 0.1) is 23.5 Å². The summed E-state index contributed by atoms with van der Waals surface area (Å²) in [7, 11) is 0. The van der Waals surface area contributed by atoms with Gasteiger partial charge < -0.3 is 15.6 Å². The third-order valence-corrected chi connectivity index (χ3v) is 4.61. The summed E-state index contributed by atoms with van der Waals surface area (Å²) >= 11 is 0. The van der Waals surface area contributed by atoms with Gasteiger partial charge >= 0.3 is 0 Å². The number of nitriles is 1. The van der Waals surface area contributed by atoms with Crippen molar-refractivity contribution < 1.29 is 0 Å². The Morgan fingerprint density at radius 3 is 3.00 bits per heavy atom. The molecule has 2 aromatic rings. The number of nitrogens with two attached hydrogens (primary N) is 1. The molecule has 0 amide bonds. The van der Waals surface area contributed by atoms with Crippen LogP contribution in [-0.4, -0.2) is 29.1 Å². The molecule has 1 fully saturated rings. The summed E-state index contributed by atoms with van der Waals surface area (Å²) in [5.74, 6) is 0.445. The van der Waals surface area contributed by atoms with E-state index in [1.54, 1.807) is 6.07 Å². The van der Waals surface area contributed by atoms with Gasteiger partial charge in [-0.05, 0) is 24.5 Å². The minimum Gasteiger partial charge on any atom is -0.355 e. The molecule has 1 aliphatic rings. The van der Waals surface area contributed by atoms with E-state index < -0.39 is 0 Å². The molecule has 1 aromatic heterocycles. The first-order valence-corrected chi connectivity index (χ1v) is 8.19. The summed E-state index contributed by atoms with van der Waals surface area (Å²) in [4.78, 5) is 21.7. The Hall–Kier alpha value is -2.65. The van der Waals surface area contributed by atoms with E-state index in [1.165, 1.54) is 6.33 Å². The second-order valence-corrected chi connectivity index (χ2v) is 6.24. The van der Waals surface area contributed by atoms with E-state index in [2.05, 4.69) is 20.9 Å². The number of aromatic nitrogens is 2. The molecular formula is C18H21N5O. The van der Waals surface area contributed by atoms with Gasteiger partial charge in [0.15, 0.2) is 0 Å². The maximum atomic E-state index is 12.5. The van der Waals surface area contributed by atoms with Crippen molar-refractivity contribution in [2.45, 2.75) is 31.7 Å². The number of piperidine rings is 1. The number of hydrogen-bond acceptors (Lipinski definition) is 5. The van der Waals surface area contributed by atoms with Crippen LogP contribution in [0, 0.1) is 11.3 Å². The average Bonchev–Trinajstić information content (AvgIpc) is 2.61. The number of nitrogens with zero attached hydrogens (tertiary/aromatic N) is 3. The van der Waals surface area contributed by atoms with Gasteiger partial charge in [-0.2, -0.15) is 5.26 Å². The monoisotopic (exact) mass is 323 g/mol. The molecule has 2 heterocycles. The predicted molar refractivity (Wildman–Crippen MR) is 93.0 cm³/mol. The molecule has 6 heteroatoms. The highest BCUT2D eigenvalue weighted by Gasteiger charge is 2.26. The molecule has 0 spiro atoms. The average molecular weight is 323 g/mol. The second kappa shape index (κ2) is 6.85. The number of H-pyrrole nitrogens is 1. The molecule has 0 saturated carbocycles. The molecule has 2 atom stereocenters. The lowest BCUT2D eigenvalue weighted by Gasteiger charge is -2.33. The van der Waals surface area contributed by atoms with Gasteiger partial charge in [-0.1, -0.05) is 25.1 Å². The van der Waals surface area contributed by atoms with Crippen LogP contribution in [0.5, 0.6) is 0 Å². The third-order valence-electron chi connectivity index (χ3n) is 4.61. The Morgan fingerprint density at radius 1 is 1.46 bits per heavy atom. The zero-order valence-electron chi connectivity index (χ0n) is 13.7. The molecular weight excluding hydrogens is 302 g/mol. The van der Waals surface area contributed by atoms with Gasteiger partial charge in [-0.15, -0.1) is 0 Å². The standard InChI is InChI=1S/C18H21N5O/c1-12(15-7-3-2-5-13(15)9-19)16-17(21-11-22-18(16)24)23-8-4-6-14(20)10-23/h2-3,5,7,11-12,14H,4,6,8,10,20H2,1H3,(H,21,22,24). The minimum atomic E-state index is -0.230. The molecule has 124 valence electrons. The normalized spacial score (nSPS) is 18.9.